The Morgan fingerprint density at radius 1 is 1.13 bits per heavy atom. The van der Waals surface area contributed by atoms with Crippen LogP contribution < -0.4 is 24.4 Å². The van der Waals surface area contributed by atoms with E-state index in [1.165, 1.54) is 43.4 Å². The molecule has 1 heterocycles. The molecule has 0 aliphatic carbocycles. The number of hydrogen-bond acceptors (Lipinski definition) is 6. The summed E-state index contributed by atoms with van der Waals surface area (Å²) in [6.45, 7) is 2.19. The van der Waals surface area contributed by atoms with Gasteiger partial charge in [-0.15, -0.1) is 0 Å². The fourth-order valence-electron chi connectivity index (χ4n) is 3.36. The van der Waals surface area contributed by atoms with Crippen LogP contribution in [-0.2, 0) is 19.6 Å². The molecule has 0 aromatic heterocycles. The number of rotatable bonds is 8. The zero-order valence-corrected chi connectivity index (χ0v) is 18.4. The van der Waals surface area contributed by atoms with Crippen molar-refractivity contribution in [2.75, 3.05) is 37.5 Å². The maximum atomic E-state index is 12.7. The van der Waals surface area contributed by atoms with Crippen molar-refractivity contribution in [1.29, 1.82) is 0 Å². The van der Waals surface area contributed by atoms with Gasteiger partial charge in [0.2, 0.25) is 21.8 Å². The maximum Gasteiger partial charge on any atom is 0.240 e. The normalized spacial score (nSPS) is 16.3. The Hall–Kier alpha value is -3.11. The third-order valence-electron chi connectivity index (χ3n) is 4.94. The Kier molecular flexibility index (Phi) is 6.81. The summed E-state index contributed by atoms with van der Waals surface area (Å²) in [5.74, 6) is 0.0261. The summed E-state index contributed by atoms with van der Waals surface area (Å²) in [6, 6.07) is 11.0. The standard InChI is InChI=1S/C21H25N3O6S/c1-4-22-31(27,28)17-8-5-15(6-9-17)23-21(26)14-11-20(25)24(13-14)18-10-7-16(29-2)12-19(18)30-3/h5-10,12,14,22H,4,11,13H2,1-3H3,(H,23,26)/t14-/m0/s1. The van der Waals surface area contributed by atoms with Gasteiger partial charge in [-0.2, -0.15) is 0 Å². The van der Waals surface area contributed by atoms with Crippen LogP contribution >= 0.6 is 0 Å². The Labute approximate surface area is 181 Å². The van der Waals surface area contributed by atoms with Crippen LogP contribution in [0.4, 0.5) is 11.4 Å². The molecule has 166 valence electrons. The lowest BCUT2D eigenvalue weighted by Crippen LogP contribution is -2.28. The first-order valence-corrected chi connectivity index (χ1v) is 11.2. The molecule has 1 atom stereocenters. The van der Waals surface area contributed by atoms with Gasteiger partial charge in [0.05, 0.1) is 30.7 Å². The molecule has 1 fully saturated rings. The first-order chi connectivity index (χ1) is 14.8. The predicted octanol–water partition coefficient (Wildman–Crippen LogP) is 1.99. The maximum absolute atomic E-state index is 12.7. The van der Waals surface area contributed by atoms with Crippen LogP contribution in [0.1, 0.15) is 13.3 Å². The summed E-state index contributed by atoms with van der Waals surface area (Å²) >= 11 is 0. The van der Waals surface area contributed by atoms with E-state index < -0.39 is 15.9 Å². The third kappa shape index (κ3) is 4.97. The highest BCUT2D eigenvalue weighted by atomic mass is 32.2. The van der Waals surface area contributed by atoms with Gasteiger partial charge in [0.25, 0.3) is 0 Å². The summed E-state index contributed by atoms with van der Waals surface area (Å²) in [5, 5.41) is 2.75. The highest BCUT2D eigenvalue weighted by Gasteiger charge is 2.36. The van der Waals surface area contributed by atoms with Gasteiger partial charge in [-0.25, -0.2) is 13.1 Å². The number of sulfonamides is 1. The quantitative estimate of drug-likeness (QED) is 0.640. The zero-order chi connectivity index (χ0) is 22.6. The van der Waals surface area contributed by atoms with Crippen LogP contribution in [0.3, 0.4) is 0 Å². The second-order valence-corrected chi connectivity index (χ2v) is 8.73. The smallest absolute Gasteiger partial charge is 0.240 e. The minimum absolute atomic E-state index is 0.0634. The van der Waals surface area contributed by atoms with Crippen molar-refractivity contribution in [2.24, 2.45) is 5.92 Å². The van der Waals surface area contributed by atoms with Crippen LogP contribution in [0.5, 0.6) is 11.5 Å². The Balaban J connectivity index is 1.70. The fraction of sp³-hybridized carbons (Fsp3) is 0.333. The summed E-state index contributed by atoms with van der Waals surface area (Å²) in [5.41, 5.74) is 1.02. The Morgan fingerprint density at radius 3 is 2.45 bits per heavy atom. The van der Waals surface area contributed by atoms with Gasteiger partial charge >= 0.3 is 0 Å². The molecule has 9 nitrogen and oxygen atoms in total. The van der Waals surface area contributed by atoms with Crippen molar-refractivity contribution >= 4 is 33.2 Å². The van der Waals surface area contributed by atoms with Crippen molar-refractivity contribution in [3.63, 3.8) is 0 Å². The highest BCUT2D eigenvalue weighted by molar-refractivity contribution is 7.89. The predicted molar refractivity (Wildman–Crippen MR) is 116 cm³/mol. The van der Waals surface area contributed by atoms with E-state index in [1.54, 1.807) is 25.1 Å². The number of anilines is 2. The molecule has 3 rings (SSSR count). The number of nitrogens with zero attached hydrogens (tertiary/aromatic N) is 1. The van der Waals surface area contributed by atoms with Crippen molar-refractivity contribution in [3.05, 3.63) is 42.5 Å². The van der Waals surface area contributed by atoms with E-state index in [9.17, 15) is 18.0 Å². The Bertz CT molecular complexity index is 1070. The molecule has 2 amide bonds. The lowest BCUT2D eigenvalue weighted by atomic mass is 10.1. The SMILES string of the molecule is CCNS(=O)(=O)c1ccc(NC(=O)[C@H]2CC(=O)N(c3ccc(OC)cc3OC)C2)cc1. The van der Waals surface area contributed by atoms with E-state index >= 15 is 0 Å². The number of benzene rings is 2. The lowest BCUT2D eigenvalue weighted by Gasteiger charge is -2.20. The van der Waals surface area contributed by atoms with Crippen molar-refractivity contribution < 1.29 is 27.5 Å². The fourth-order valence-corrected chi connectivity index (χ4v) is 4.40. The average Bonchev–Trinajstić information content (AvgIpc) is 3.15. The second-order valence-electron chi connectivity index (χ2n) is 6.96. The molecule has 0 unspecified atom stereocenters. The number of ether oxygens (including phenoxy) is 2. The topological polar surface area (TPSA) is 114 Å². The number of nitrogens with one attached hydrogen (secondary N) is 2. The number of hydrogen-bond donors (Lipinski definition) is 2. The number of carbonyl (C=O) groups excluding carboxylic acids is 2. The average molecular weight is 448 g/mol. The van der Waals surface area contributed by atoms with E-state index in [1.807, 2.05) is 0 Å². The molecular formula is C21H25N3O6S. The molecule has 10 heteroatoms. The minimum Gasteiger partial charge on any atom is -0.497 e. The number of carbonyl (C=O) groups is 2. The molecule has 0 radical (unpaired) electrons. The first kappa shape index (κ1) is 22.6. The number of methoxy groups -OCH3 is 2. The number of amides is 2. The minimum atomic E-state index is -3.56. The van der Waals surface area contributed by atoms with Gasteiger partial charge in [-0.1, -0.05) is 6.92 Å². The molecule has 0 spiro atoms. The summed E-state index contributed by atoms with van der Waals surface area (Å²) in [7, 11) is -0.520. The van der Waals surface area contributed by atoms with Crippen molar-refractivity contribution in [2.45, 2.75) is 18.2 Å². The van der Waals surface area contributed by atoms with Gasteiger partial charge in [-0.3, -0.25) is 9.59 Å². The van der Waals surface area contributed by atoms with Gasteiger partial charge in [0.1, 0.15) is 11.5 Å². The molecule has 31 heavy (non-hydrogen) atoms. The van der Waals surface area contributed by atoms with Crippen LogP contribution in [0.2, 0.25) is 0 Å². The van der Waals surface area contributed by atoms with E-state index in [-0.39, 0.29) is 36.2 Å². The highest BCUT2D eigenvalue weighted by Crippen LogP contribution is 2.36. The zero-order valence-electron chi connectivity index (χ0n) is 17.5. The molecule has 2 aromatic rings. The van der Waals surface area contributed by atoms with E-state index in [4.69, 9.17) is 9.47 Å². The molecule has 1 saturated heterocycles. The van der Waals surface area contributed by atoms with E-state index in [0.717, 1.165) is 0 Å². The van der Waals surface area contributed by atoms with Gasteiger partial charge in [-0.05, 0) is 36.4 Å². The van der Waals surface area contributed by atoms with Gasteiger partial charge < -0.3 is 19.7 Å². The van der Waals surface area contributed by atoms with Crippen LogP contribution in [-0.4, -0.2) is 47.5 Å². The van der Waals surface area contributed by atoms with Crippen molar-refractivity contribution in [1.82, 2.24) is 4.72 Å². The van der Waals surface area contributed by atoms with E-state index in [2.05, 4.69) is 10.0 Å². The third-order valence-corrected chi connectivity index (χ3v) is 6.50. The van der Waals surface area contributed by atoms with E-state index in [0.29, 0.717) is 22.9 Å². The van der Waals surface area contributed by atoms with Gasteiger partial charge in [0, 0.05) is 31.3 Å². The largest absolute Gasteiger partial charge is 0.497 e. The monoisotopic (exact) mass is 447 g/mol. The molecule has 1 aliphatic heterocycles. The van der Waals surface area contributed by atoms with Crippen LogP contribution in [0.25, 0.3) is 0 Å². The molecule has 1 aliphatic rings. The second kappa shape index (κ2) is 9.36. The molecule has 0 saturated carbocycles. The van der Waals surface area contributed by atoms with Crippen molar-refractivity contribution in [3.8, 4) is 11.5 Å². The first-order valence-electron chi connectivity index (χ1n) is 9.72. The van der Waals surface area contributed by atoms with Crippen LogP contribution in [0.15, 0.2) is 47.4 Å². The van der Waals surface area contributed by atoms with Crippen LogP contribution in [0, 0.1) is 5.92 Å². The molecular weight excluding hydrogens is 422 g/mol. The summed E-state index contributed by atoms with van der Waals surface area (Å²) < 4.78 is 37.0. The van der Waals surface area contributed by atoms with Gasteiger partial charge in [0.15, 0.2) is 0 Å². The summed E-state index contributed by atoms with van der Waals surface area (Å²) in [4.78, 5) is 26.9. The lowest BCUT2D eigenvalue weighted by molar-refractivity contribution is -0.122. The summed E-state index contributed by atoms with van der Waals surface area (Å²) in [6.07, 6.45) is 0.0634. The molecule has 2 N–H and O–H groups in total. The molecule has 0 bridgehead atoms. The molecule has 2 aromatic carbocycles. The Morgan fingerprint density at radius 2 is 1.84 bits per heavy atom.